The fraction of sp³-hybridized carbons (Fsp3) is 0.235. The molecule has 0 aliphatic heterocycles. The van der Waals surface area contributed by atoms with Gasteiger partial charge in [0.2, 0.25) is 0 Å². The van der Waals surface area contributed by atoms with Crippen LogP contribution in [0.15, 0.2) is 42.5 Å². The Hall–Kier alpha value is -2.21. The Labute approximate surface area is 139 Å². The molecule has 6 heteroatoms. The van der Waals surface area contributed by atoms with Crippen LogP contribution in [-0.2, 0) is 6.42 Å². The predicted molar refractivity (Wildman–Crippen MR) is 93.5 cm³/mol. The SMILES string of the molecule is CCc1ccccc1NC(=S)Nc1cc(C)ccc1OC(F)F. The van der Waals surface area contributed by atoms with E-state index in [2.05, 4.69) is 15.4 Å². The summed E-state index contributed by atoms with van der Waals surface area (Å²) in [4.78, 5) is 0. The van der Waals surface area contributed by atoms with Crippen LogP contribution in [0.2, 0.25) is 0 Å². The fourth-order valence-corrected chi connectivity index (χ4v) is 2.39. The molecule has 0 radical (unpaired) electrons. The van der Waals surface area contributed by atoms with Crippen LogP contribution in [-0.4, -0.2) is 11.7 Å². The summed E-state index contributed by atoms with van der Waals surface area (Å²) in [6.07, 6.45) is 0.857. The fourth-order valence-electron chi connectivity index (χ4n) is 2.17. The summed E-state index contributed by atoms with van der Waals surface area (Å²) in [7, 11) is 0. The number of hydrogen-bond donors (Lipinski definition) is 2. The van der Waals surface area contributed by atoms with Crippen molar-refractivity contribution < 1.29 is 13.5 Å². The second kappa shape index (κ2) is 7.87. The van der Waals surface area contributed by atoms with Crippen LogP contribution in [0.25, 0.3) is 0 Å². The average Bonchev–Trinajstić information content (AvgIpc) is 2.50. The summed E-state index contributed by atoms with van der Waals surface area (Å²) >= 11 is 5.28. The molecule has 0 aliphatic carbocycles. The third-order valence-corrected chi connectivity index (χ3v) is 3.45. The van der Waals surface area contributed by atoms with Crippen molar-refractivity contribution >= 4 is 28.7 Å². The van der Waals surface area contributed by atoms with Gasteiger partial charge in [-0.25, -0.2) is 0 Å². The second-order valence-electron chi connectivity index (χ2n) is 4.97. The highest BCUT2D eigenvalue weighted by atomic mass is 32.1. The van der Waals surface area contributed by atoms with Crippen molar-refractivity contribution in [1.82, 2.24) is 0 Å². The number of nitrogens with one attached hydrogen (secondary N) is 2. The lowest BCUT2D eigenvalue weighted by atomic mass is 10.1. The van der Waals surface area contributed by atoms with Crippen molar-refractivity contribution in [3.63, 3.8) is 0 Å². The summed E-state index contributed by atoms with van der Waals surface area (Å²) in [5, 5.41) is 6.32. The van der Waals surface area contributed by atoms with Gasteiger partial charge in [0, 0.05) is 5.69 Å². The highest BCUT2D eigenvalue weighted by Gasteiger charge is 2.11. The van der Waals surface area contributed by atoms with Crippen molar-refractivity contribution in [2.75, 3.05) is 10.6 Å². The van der Waals surface area contributed by atoms with E-state index in [0.717, 1.165) is 23.2 Å². The number of hydrogen-bond acceptors (Lipinski definition) is 2. The maximum atomic E-state index is 12.5. The molecule has 2 aromatic carbocycles. The Morgan fingerprint density at radius 2 is 1.83 bits per heavy atom. The number of aryl methyl sites for hydroxylation is 2. The van der Waals surface area contributed by atoms with Gasteiger partial charge < -0.3 is 15.4 Å². The molecular formula is C17H18F2N2OS. The minimum absolute atomic E-state index is 0.0542. The van der Waals surface area contributed by atoms with Gasteiger partial charge in [-0.05, 0) is 54.9 Å². The molecular weight excluding hydrogens is 318 g/mol. The van der Waals surface area contributed by atoms with Crippen molar-refractivity contribution in [2.24, 2.45) is 0 Å². The van der Waals surface area contributed by atoms with Gasteiger partial charge in [-0.2, -0.15) is 8.78 Å². The molecule has 2 rings (SSSR count). The smallest absolute Gasteiger partial charge is 0.387 e. The summed E-state index contributed by atoms with van der Waals surface area (Å²) < 4.78 is 29.5. The van der Waals surface area contributed by atoms with Crippen molar-refractivity contribution in [1.29, 1.82) is 0 Å². The molecule has 0 aliphatic rings. The first-order valence-corrected chi connectivity index (χ1v) is 7.61. The predicted octanol–water partition coefficient (Wildman–Crippen LogP) is 4.97. The first-order chi connectivity index (χ1) is 11.0. The highest BCUT2D eigenvalue weighted by molar-refractivity contribution is 7.80. The van der Waals surface area contributed by atoms with E-state index >= 15 is 0 Å². The molecule has 0 amide bonds. The molecule has 0 saturated heterocycles. The van der Waals surface area contributed by atoms with Crippen LogP contribution >= 0.6 is 12.2 Å². The van der Waals surface area contributed by atoms with Crippen LogP contribution in [0.5, 0.6) is 5.75 Å². The number of thiocarbonyl (C=S) groups is 1. The van der Waals surface area contributed by atoms with Crippen molar-refractivity contribution in [2.45, 2.75) is 26.9 Å². The minimum Gasteiger partial charge on any atom is -0.433 e. The summed E-state index contributed by atoms with van der Waals surface area (Å²) in [6.45, 7) is 1.02. The van der Waals surface area contributed by atoms with E-state index < -0.39 is 6.61 Å². The number of benzene rings is 2. The van der Waals surface area contributed by atoms with Crippen molar-refractivity contribution in [3.05, 3.63) is 53.6 Å². The molecule has 2 aromatic rings. The zero-order chi connectivity index (χ0) is 16.8. The number of alkyl halides is 2. The largest absolute Gasteiger partial charge is 0.433 e. The molecule has 3 nitrogen and oxygen atoms in total. The van der Waals surface area contributed by atoms with Crippen LogP contribution in [0.4, 0.5) is 20.2 Å². The minimum atomic E-state index is -2.89. The topological polar surface area (TPSA) is 33.3 Å². The number of para-hydroxylation sites is 1. The van der Waals surface area contributed by atoms with Gasteiger partial charge in [-0.1, -0.05) is 31.2 Å². The first kappa shape index (κ1) is 17.1. The van der Waals surface area contributed by atoms with Gasteiger partial charge >= 0.3 is 6.61 Å². The number of halogens is 2. The summed E-state index contributed by atoms with van der Waals surface area (Å²) in [6, 6.07) is 12.7. The molecule has 0 aromatic heterocycles. The van der Waals surface area contributed by atoms with E-state index in [-0.39, 0.29) is 5.75 Å². The lowest BCUT2D eigenvalue weighted by Gasteiger charge is -2.16. The molecule has 2 N–H and O–H groups in total. The van der Waals surface area contributed by atoms with Crippen LogP contribution in [0.3, 0.4) is 0 Å². The van der Waals surface area contributed by atoms with Crippen molar-refractivity contribution in [3.8, 4) is 5.75 Å². The summed E-state index contributed by atoms with van der Waals surface area (Å²) in [5.41, 5.74) is 3.31. The van der Waals surface area contributed by atoms with Gasteiger partial charge in [0.15, 0.2) is 5.11 Å². The Morgan fingerprint density at radius 3 is 2.52 bits per heavy atom. The Kier molecular flexibility index (Phi) is 5.87. The third-order valence-electron chi connectivity index (χ3n) is 3.25. The Bertz CT molecular complexity index is 692. The third kappa shape index (κ3) is 4.89. The molecule has 0 unspecified atom stereocenters. The number of rotatable bonds is 5. The van der Waals surface area contributed by atoms with E-state index in [0.29, 0.717) is 10.8 Å². The maximum absolute atomic E-state index is 12.5. The van der Waals surface area contributed by atoms with Gasteiger partial charge in [0.25, 0.3) is 0 Å². The Morgan fingerprint density at radius 1 is 1.13 bits per heavy atom. The van der Waals surface area contributed by atoms with Crippen LogP contribution in [0.1, 0.15) is 18.1 Å². The van der Waals surface area contributed by atoms with Crippen LogP contribution in [0, 0.1) is 6.92 Å². The van der Waals surface area contributed by atoms with Crippen LogP contribution < -0.4 is 15.4 Å². The maximum Gasteiger partial charge on any atom is 0.387 e. The lowest BCUT2D eigenvalue weighted by Crippen LogP contribution is -2.20. The molecule has 0 fully saturated rings. The second-order valence-corrected chi connectivity index (χ2v) is 5.38. The Balaban J connectivity index is 2.15. The zero-order valence-corrected chi connectivity index (χ0v) is 13.7. The van der Waals surface area contributed by atoms with E-state index in [1.165, 1.54) is 6.07 Å². The lowest BCUT2D eigenvalue weighted by molar-refractivity contribution is -0.0493. The molecule has 0 atom stereocenters. The van der Waals surface area contributed by atoms with E-state index in [9.17, 15) is 8.78 Å². The van der Waals surface area contributed by atoms with E-state index in [1.807, 2.05) is 38.1 Å². The zero-order valence-electron chi connectivity index (χ0n) is 12.9. The van der Waals surface area contributed by atoms with Gasteiger partial charge in [0.1, 0.15) is 5.75 Å². The molecule has 122 valence electrons. The molecule has 23 heavy (non-hydrogen) atoms. The normalized spacial score (nSPS) is 10.5. The molecule has 0 heterocycles. The van der Waals surface area contributed by atoms with Gasteiger partial charge in [-0.15, -0.1) is 0 Å². The first-order valence-electron chi connectivity index (χ1n) is 7.21. The standard InChI is InChI=1S/C17H18F2N2OS/c1-3-12-6-4-5-7-13(12)20-17(23)21-14-10-11(2)8-9-15(14)22-16(18)19/h4-10,16H,3H2,1-2H3,(H2,20,21,23). The van der Waals surface area contributed by atoms with Gasteiger partial charge in [-0.3, -0.25) is 0 Å². The van der Waals surface area contributed by atoms with E-state index in [4.69, 9.17) is 12.2 Å². The van der Waals surface area contributed by atoms with E-state index in [1.54, 1.807) is 12.1 Å². The molecule has 0 bridgehead atoms. The molecule has 0 saturated carbocycles. The quantitative estimate of drug-likeness (QED) is 0.756. The average molecular weight is 336 g/mol. The monoisotopic (exact) mass is 336 g/mol. The summed E-state index contributed by atoms with van der Waals surface area (Å²) in [5.74, 6) is 0.0542. The van der Waals surface area contributed by atoms with Gasteiger partial charge in [0.05, 0.1) is 5.69 Å². The molecule has 0 spiro atoms. The highest BCUT2D eigenvalue weighted by Crippen LogP contribution is 2.27. The number of ether oxygens (including phenoxy) is 1. The number of anilines is 2.